The number of hydrogen-bond acceptors (Lipinski definition) is 2. The predicted molar refractivity (Wildman–Crippen MR) is 64.3 cm³/mol. The van der Waals surface area contributed by atoms with Gasteiger partial charge in [0, 0.05) is 12.5 Å². The molecule has 4 heteroatoms. The third kappa shape index (κ3) is 4.53. The second-order valence-electron chi connectivity index (χ2n) is 4.21. The summed E-state index contributed by atoms with van der Waals surface area (Å²) in [7, 11) is 1.94. The zero-order valence-corrected chi connectivity index (χ0v) is 10.2. The van der Waals surface area contributed by atoms with Crippen LogP contribution >= 0.6 is 0 Å². The van der Waals surface area contributed by atoms with Gasteiger partial charge in [0.2, 0.25) is 0 Å². The highest BCUT2D eigenvalue weighted by atomic mass is 19.1. The van der Waals surface area contributed by atoms with E-state index in [9.17, 15) is 9.18 Å². The first-order valence-electron chi connectivity index (χ1n) is 5.68. The van der Waals surface area contributed by atoms with Gasteiger partial charge in [-0.2, -0.15) is 0 Å². The molecule has 0 aromatic heterocycles. The van der Waals surface area contributed by atoms with Crippen molar-refractivity contribution in [1.29, 1.82) is 0 Å². The maximum absolute atomic E-state index is 12.8. The first kappa shape index (κ1) is 13.6. The van der Waals surface area contributed by atoms with E-state index >= 15 is 0 Å². The Kier molecular flexibility index (Phi) is 5.10. The van der Waals surface area contributed by atoms with Gasteiger partial charge in [-0.05, 0) is 44.6 Å². The van der Waals surface area contributed by atoms with Crippen molar-refractivity contribution in [1.82, 2.24) is 4.90 Å². The van der Waals surface area contributed by atoms with Crippen LogP contribution in [0.1, 0.15) is 31.4 Å². The van der Waals surface area contributed by atoms with Crippen molar-refractivity contribution < 1.29 is 14.3 Å². The zero-order chi connectivity index (χ0) is 12.8. The van der Waals surface area contributed by atoms with Gasteiger partial charge < -0.3 is 5.11 Å². The lowest BCUT2D eigenvalue weighted by molar-refractivity contribution is -0.137. The third-order valence-corrected chi connectivity index (χ3v) is 2.92. The third-order valence-electron chi connectivity index (χ3n) is 2.92. The molecule has 1 aromatic rings. The molecule has 0 aliphatic rings. The van der Waals surface area contributed by atoms with E-state index in [1.807, 2.05) is 14.0 Å². The maximum atomic E-state index is 12.8. The van der Waals surface area contributed by atoms with Gasteiger partial charge in [-0.1, -0.05) is 12.1 Å². The van der Waals surface area contributed by atoms with Gasteiger partial charge in [-0.3, -0.25) is 9.69 Å². The molecule has 0 saturated carbocycles. The van der Waals surface area contributed by atoms with Gasteiger partial charge in [-0.15, -0.1) is 0 Å². The lowest BCUT2D eigenvalue weighted by Gasteiger charge is -2.24. The fraction of sp³-hybridized carbons (Fsp3) is 0.462. The lowest BCUT2D eigenvalue weighted by atomic mass is 10.1. The molecule has 3 nitrogen and oxygen atoms in total. The Bertz CT molecular complexity index is 364. The molecule has 0 radical (unpaired) electrons. The summed E-state index contributed by atoms with van der Waals surface area (Å²) in [6.45, 7) is 2.73. The smallest absolute Gasteiger partial charge is 0.303 e. The van der Waals surface area contributed by atoms with Crippen molar-refractivity contribution in [3.8, 4) is 0 Å². The standard InChI is InChI=1S/C13H18FNO2/c1-10(11-5-7-12(14)8-6-11)15(2)9-3-4-13(16)17/h5-8,10H,3-4,9H2,1-2H3,(H,16,17). The molecule has 0 fully saturated rings. The number of aliphatic carboxylic acids is 1. The van der Waals surface area contributed by atoms with Crippen LogP contribution in [0.15, 0.2) is 24.3 Å². The number of benzene rings is 1. The molecule has 1 unspecified atom stereocenters. The number of carboxylic acid groups (broad SMARTS) is 1. The number of nitrogens with zero attached hydrogens (tertiary/aromatic N) is 1. The van der Waals surface area contributed by atoms with Crippen molar-refractivity contribution in [2.24, 2.45) is 0 Å². The summed E-state index contributed by atoms with van der Waals surface area (Å²) in [6, 6.07) is 6.55. The van der Waals surface area contributed by atoms with E-state index in [2.05, 4.69) is 4.90 Å². The average Bonchev–Trinajstić information content (AvgIpc) is 2.28. The van der Waals surface area contributed by atoms with Crippen LogP contribution in [0.3, 0.4) is 0 Å². The van der Waals surface area contributed by atoms with E-state index < -0.39 is 5.97 Å². The minimum atomic E-state index is -0.771. The topological polar surface area (TPSA) is 40.5 Å². The quantitative estimate of drug-likeness (QED) is 0.829. The highest BCUT2D eigenvalue weighted by molar-refractivity contribution is 5.66. The molecule has 1 aromatic carbocycles. The monoisotopic (exact) mass is 239 g/mol. The van der Waals surface area contributed by atoms with Crippen LogP contribution < -0.4 is 0 Å². The molecule has 0 amide bonds. The SMILES string of the molecule is CC(c1ccc(F)cc1)N(C)CCCC(=O)O. The van der Waals surface area contributed by atoms with E-state index in [-0.39, 0.29) is 18.3 Å². The molecule has 0 heterocycles. The largest absolute Gasteiger partial charge is 0.481 e. The average molecular weight is 239 g/mol. The molecule has 1 rings (SSSR count). The van der Waals surface area contributed by atoms with E-state index in [0.29, 0.717) is 13.0 Å². The molecule has 1 N–H and O–H groups in total. The number of halogens is 1. The first-order valence-corrected chi connectivity index (χ1v) is 5.68. The lowest BCUT2D eigenvalue weighted by Crippen LogP contribution is -2.24. The van der Waals surface area contributed by atoms with Crippen molar-refractivity contribution in [3.05, 3.63) is 35.6 Å². The van der Waals surface area contributed by atoms with Crippen LogP contribution in [0.25, 0.3) is 0 Å². The van der Waals surface area contributed by atoms with Gasteiger partial charge in [-0.25, -0.2) is 4.39 Å². The highest BCUT2D eigenvalue weighted by Crippen LogP contribution is 2.19. The summed E-state index contributed by atoms with van der Waals surface area (Å²) < 4.78 is 12.8. The van der Waals surface area contributed by atoms with Gasteiger partial charge >= 0.3 is 5.97 Å². The Balaban J connectivity index is 2.48. The van der Waals surface area contributed by atoms with E-state index in [0.717, 1.165) is 5.56 Å². The van der Waals surface area contributed by atoms with Crippen molar-refractivity contribution in [2.75, 3.05) is 13.6 Å². The fourth-order valence-corrected chi connectivity index (χ4v) is 1.67. The fourth-order valence-electron chi connectivity index (χ4n) is 1.67. The van der Waals surface area contributed by atoms with Crippen molar-refractivity contribution >= 4 is 5.97 Å². The predicted octanol–water partition coefficient (Wildman–Crippen LogP) is 2.68. The Morgan fingerprint density at radius 3 is 2.53 bits per heavy atom. The van der Waals surface area contributed by atoms with Gasteiger partial charge in [0.25, 0.3) is 0 Å². The Morgan fingerprint density at radius 2 is 2.00 bits per heavy atom. The number of hydrogen-bond donors (Lipinski definition) is 1. The molecule has 94 valence electrons. The highest BCUT2D eigenvalue weighted by Gasteiger charge is 2.11. The molecule has 1 atom stereocenters. The minimum Gasteiger partial charge on any atom is -0.481 e. The molecule has 0 aliphatic heterocycles. The summed E-state index contributed by atoms with van der Waals surface area (Å²) in [4.78, 5) is 12.5. The van der Waals surface area contributed by atoms with Crippen LogP contribution in [0.2, 0.25) is 0 Å². The molecule has 0 spiro atoms. The molecule has 0 bridgehead atoms. The summed E-state index contributed by atoms with van der Waals surface area (Å²) in [6.07, 6.45) is 0.803. The van der Waals surface area contributed by atoms with E-state index in [4.69, 9.17) is 5.11 Å². The minimum absolute atomic E-state index is 0.157. The Hall–Kier alpha value is -1.42. The van der Waals surface area contributed by atoms with Gasteiger partial charge in [0.05, 0.1) is 0 Å². The number of carbonyl (C=O) groups is 1. The number of carboxylic acids is 1. The number of rotatable bonds is 6. The van der Waals surface area contributed by atoms with Crippen LogP contribution in [0.4, 0.5) is 4.39 Å². The summed E-state index contributed by atoms with van der Waals surface area (Å²) in [5.74, 6) is -1.01. The Labute approximate surface area is 101 Å². The van der Waals surface area contributed by atoms with Crippen LogP contribution in [-0.4, -0.2) is 29.6 Å². The first-order chi connectivity index (χ1) is 8.00. The molecular formula is C13H18FNO2. The maximum Gasteiger partial charge on any atom is 0.303 e. The van der Waals surface area contributed by atoms with Gasteiger partial charge in [0.1, 0.15) is 5.82 Å². The molecule has 17 heavy (non-hydrogen) atoms. The van der Waals surface area contributed by atoms with Crippen molar-refractivity contribution in [3.63, 3.8) is 0 Å². The van der Waals surface area contributed by atoms with E-state index in [1.54, 1.807) is 12.1 Å². The zero-order valence-electron chi connectivity index (χ0n) is 10.2. The van der Waals surface area contributed by atoms with E-state index in [1.165, 1.54) is 12.1 Å². The summed E-state index contributed by atoms with van der Waals surface area (Å²) >= 11 is 0. The Morgan fingerprint density at radius 1 is 1.41 bits per heavy atom. The molecule has 0 aliphatic carbocycles. The van der Waals surface area contributed by atoms with Crippen LogP contribution in [-0.2, 0) is 4.79 Å². The van der Waals surface area contributed by atoms with Crippen LogP contribution in [0, 0.1) is 5.82 Å². The summed E-state index contributed by atoms with van der Waals surface area (Å²) in [5, 5.41) is 8.55. The van der Waals surface area contributed by atoms with Gasteiger partial charge in [0.15, 0.2) is 0 Å². The van der Waals surface area contributed by atoms with Crippen LogP contribution in [0.5, 0.6) is 0 Å². The normalized spacial score (nSPS) is 12.7. The molecule has 0 saturated heterocycles. The second-order valence-corrected chi connectivity index (χ2v) is 4.21. The summed E-state index contributed by atoms with van der Waals surface area (Å²) in [5.41, 5.74) is 1.03. The molecular weight excluding hydrogens is 221 g/mol. The van der Waals surface area contributed by atoms with Crippen molar-refractivity contribution in [2.45, 2.75) is 25.8 Å². The second kappa shape index (κ2) is 6.35.